The molecule has 1 aliphatic carbocycles. The number of hydrogen-bond donors (Lipinski definition) is 1. The molecule has 0 radical (unpaired) electrons. The summed E-state index contributed by atoms with van der Waals surface area (Å²) in [5, 5.41) is 2.75. The summed E-state index contributed by atoms with van der Waals surface area (Å²) in [4.78, 5) is 12.2. The highest BCUT2D eigenvalue weighted by Gasteiger charge is 2.13. The lowest BCUT2D eigenvalue weighted by Crippen LogP contribution is -2.22. The number of fused-ring (bicyclic) bond motifs is 1. The Morgan fingerprint density at radius 1 is 1.04 bits per heavy atom. The van der Waals surface area contributed by atoms with Crippen molar-refractivity contribution in [1.82, 2.24) is 5.32 Å². The van der Waals surface area contributed by atoms with Crippen LogP contribution in [0.15, 0.2) is 59.0 Å². The third-order valence-electron chi connectivity index (χ3n) is 4.70. The van der Waals surface area contributed by atoms with Crippen LogP contribution in [0.3, 0.4) is 0 Å². The lowest BCUT2D eigenvalue weighted by atomic mass is 10.1. The number of amides is 1. The first-order chi connectivity index (χ1) is 13.2. The molecule has 4 rings (SSSR count). The number of hydrogen-bond acceptors (Lipinski definition) is 3. The molecule has 5 heteroatoms. The summed E-state index contributed by atoms with van der Waals surface area (Å²) in [5.74, 6) is 1.01. The predicted octanol–water partition coefficient (Wildman–Crippen LogP) is 4.42. The molecule has 1 aromatic heterocycles. The SMILES string of the molecule is O=C(NCc1ccc(F)cc1)c1ccc(COc2ccc3c(c2)CCC3)o1. The predicted molar refractivity (Wildman–Crippen MR) is 99.1 cm³/mol. The van der Waals surface area contributed by atoms with E-state index in [1.54, 1.807) is 24.3 Å². The second-order valence-electron chi connectivity index (χ2n) is 6.65. The highest BCUT2D eigenvalue weighted by Crippen LogP contribution is 2.26. The van der Waals surface area contributed by atoms with Gasteiger partial charge < -0.3 is 14.5 Å². The van der Waals surface area contributed by atoms with Crippen LogP contribution in [0.1, 0.15) is 39.4 Å². The molecule has 1 N–H and O–H groups in total. The van der Waals surface area contributed by atoms with Gasteiger partial charge >= 0.3 is 0 Å². The quantitative estimate of drug-likeness (QED) is 0.704. The first-order valence-electron chi connectivity index (χ1n) is 9.03. The van der Waals surface area contributed by atoms with Crippen LogP contribution in [0.5, 0.6) is 5.75 Å². The second kappa shape index (κ2) is 7.66. The van der Waals surface area contributed by atoms with Crippen LogP contribution < -0.4 is 10.1 Å². The molecule has 2 aromatic carbocycles. The highest BCUT2D eigenvalue weighted by atomic mass is 19.1. The summed E-state index contributed by atoms with van der Waals surface area (Å²) in [6.07, 6.45) is 3.45. The molecule has 0 bridgehead atoms. The standard InChI is InChI=1S/C22H20FNO3/c23-18-7-4-15(5-8-18)13-24-22(25)21-11-10-20(27-21)14-26-19-9-6-16-2-1-3-17(16)12-19/h4-12H,1-3,13-14H2,(H,24,25). The number of carbonyl (C=O) groups excluding carboxylic acids is 1. The van der Waals surface area contributed by atoms with Gasteiger partial charge in [-0.25, -0.2) is 4.39 Å². The lowest BCUT2D eigenvalue weighted by Gasteiger charge is -2.07. The Bertz CT molecular complexity index is 946. The van der Waals surface area contributed by atoms with Crippen LogP contribution in [0.4, 0.5) is 4.39 Å². The number of aryl methyl sites for hydroxylation is 2. The summed E-state index contributed by atoms with van der Waals surface area (Å²) in [6.45, 7) is 0.574. The Labute approximate surface area is 157 Å². The zero-order chi connectivity index (χ0) is 18.6. The number of carbonyl (C=O) groups is 1. The topological polar surface area (TPSA) is 51.5 Å². The zero-order valence-corrected chi connectivity index (χ0v) is 14.8. The van der Waals surface area contributed by atoms with Crippen molar-refractivity contribution in [2.75, 3.05) is 0 Å². The van der Waals surface area contributed by atoms with Crippen LogP contribution in [-0.2, 0) is 26.0 Å². The van der Waals surface area contributed by atoms with Gasteiger partial charge in [0, 0.05) is 6.54 Å². The Morgan fingerprint density at radius 3 is 2.70 bits per heavy atom. The minimum atomic E-state index is -0.317. The van der Waals surface area contributed by atoms with Crippen molar-refractivity contribution >= 4 is 5.91 Å². The summed E-state index contributed by atoms with van der Waals surface area (Å²) in [7, 11) is 0. The van der Waals surface area contributed by atoms with Gasteiger partial charge in [-0.2, -0.15) is 0 Å². The summed E-state index contributed by atoms with van der Waals surface area (Å²) >= 11 is 0. The maximum Gasteiger partial charge on any atom is 0.287 e. The van der Waals surface area contributed by atoms with Crippen molar-refractivity contribution in [2.24, 2.45) is 0 Å². The fourth-order valence-electron chi connectivity index (χ4n) is 3.24. The summed E-state index contributed by atoms with van der Waals surface area (Å²) in [5.41, 5.74) is 3.57. The number of benzene rings is 2. The van der Waals surface area contributed by atoms with Crippen molar-refractivity contribution in [3.8, 4) is 5.75 Å². The molecule has 0 unspecified atom stereocenters. The van der Waals surface area contributed by atoms with E-state index >= 15 is 0 Å². The Morgan fingerprint density at radius 2 is 1.85 bits per heavy atom. The van der Waals surface area contributed by atoms with Crippen molar-refractivity contribution in [2.45, 2.75) is 32.4 Å². The summed E-state index contributed by atoms with van der Waals surface area (Å²) < 4.78 is 24.3. The van der Waals surface area contributed by atoms with Crippen molar-refractivity contribution in [3.63, 3.8) is 0 Å². The third-order valence-corrected chi connectivity index (χ3v) is 4.70. The molecule has 0 saturated heterocycles. The Hall–Kier alpha value is -3.08. The van der Waals surface area contributed by atoms with E-state index in [2.05, 4.69) is 17.4 Å². The second-order valence-corrected chi connectivity index (χ2v) is 6.65. The van der Waals surface area contributed by atoms with Crippen molar-refractivity contribution < 1.29 is 18.3 Å². The van der Waals surface area contributed by atoms with Crippen LogP contribution in [0.25, 0.3) is 0 Å². The van der Waals surface area contributed by atoms with Crippen LogP contribution in [0, 0.1) is 5.82 Å². The van der Waals surface area contributed by atoms with Gasteiger partial charge in [0.1, 0.15) is 23.9 Å². The number of furan rings is 1. The largest absolute Gasteiger partial charge is 0.486 e. The fourth-order valence-corrected chi connectivity index (χ4v) is 3.24. The fraction of sp³-hybridized carbons (Fsp3) is 0.227. The Kier molecular flexibility index (Phi) is 4.92. The monoisotopic (exact) mass is 365 g/mol. The van der Waals surface area contributed by atoms with Gasteiger partial charge in [-0.05, 0) is 72.4 Å². The Balaban J connectivity index is 1.31. The zero-order valence-electron chi connectivity index (χ0n) is 14.8. The lowest BCUT2D eigenvalue weighted by molar-refractivity contribution is 0.0919. The average Bonchev–Trinajstić information content (AvgIpc) is 3.34. The number of nitrogens with one attached hydrogen (secondary N) is 1. The van der Waals surface area contributed by atoms with Gasteiger partial charge in [0.2, 0.25) is 0 Å². The molecule has 0 saturated carbocycles. The molecule has 1 aliphatic rings. The third kappa shape index (κ3) is 4.19. The number of ether oxygens (including phenoxy) is 1. The van der Waals surface area contributed by atoms with Gasteiger partial charge in [0.05, 0.1) is 0 Å². The highest BCUT2D eigenvalue weighted by molar-refractivity contribution is 5.91. The van der Waals surface area contributed by atoms with E-state index in [0.29, 0.717) is 12.3 Å². The first-order valence-corrected chi connectivity index (χ1v) is 9.03. The molecule has 0 spiro atoms. The van der Waals surface area contributed by atoms with Gasteiger partial charge in [0.25, 0.3) is 5.91 Å². The smallest absolute Gasteiger partial charge is 0.287 e. The van der Waals surface area contributed by atoms with Gasteiger partial charge in [-0.3, -0.25) is 4.79 Å². The molecule has 4 nitrogen and oxygen atoms in total. The van der Waals surface area contributed by atoms with E-state index in [0.717, 1.165) is 24.2 Å². The molecular weight excluding hydrogens is 345 g/mol. The van der Waals surface area contributed by atoms with Crippen molar-refractivity contribution in [3.05, 3.63) is 88.6 Å². The molecule has 0 fully saturated rings. The molecular formula is C22H20FNO3. The van der Waals surface area contributed by atoms with E-state index in [1.807, 2.05) is 6.07 Å². The molecule has 1 amide bonds. The molecule has 1 heterocycles. The van der Waals surface area contributed by atoms with Crippen molar-refractivity contribution in [1.29, 1.82) is 0 Å². The molecule has 27 heavy (non-hydrogen) atoms. The van der Waals surface area contributed by atoms with E-state index in [1.165, 1.54) is 29.7 Å². The van der Waals surface area contributed by atoms with Gasteiger partial charge in [-0.15, -0.1) is 0 Å². The van der Waals surface area contributed by atoms with Crippen LogP contribution >= 0.6 is 0 Å². The van der Waals surface area contributed by atoms with Crippen LogP contribution in [0.2, 0.25) is 0 Å². The normalized spacial score (nSPS) is 12.6. The van der Waals surface area contributed by atoms with Gasteiger partial charge in [-0.1, -0.05) is 18.2 Å². The number of halogens is 1. The van der Waals surface area contributed by atoms with Crippen LogP contribution in [-0.4, -0.2) is 5.91 Å². The van der Waals surface area contributed by atoms with E-state index in [4.69, 9.17) is 9.15 Å². The van der Waals surface area contributed by atoms with E-state index in [-0.39, 0.29) is 24.1 Å². The minimum absolute atomic E-state index is 0.227. The van der Waals surface area contributed by atoms with E-state index < -0.39 is 0 Å². The molecule has 0 aliphatic heterocycles. The summed E-state index contributed by atoms with van der Waals surface area (Å²) in [6, 6.07) is 15.5. The number of rotatable bonds is 6. The molecule has 0 atom stereocenters. The maximum atomic E-state index is 12.9. The maximum absolute atomic E-state index is 12.9. The molecule has 138 valence electrons. The van der Waals surface area contributed by atoms with Gasteiger partial charge in [0.15, 0.2) is 5.76 Å². The van der Waals surface area contributed by atoms with E-state index in [9.17, 15) is 9.18 Å². The average molecular weight is 365 g/mol. The minimum Gasteiger partial charge on any atom is -0.486 e. The first kappa shape index (κ1) is 17.3. The molecule has 3 aromatic rings.